The van der Waals surface area contributed by atoms with Crippen molar-refractivity contribution in [3.63, 3.8) is 0 Å². The van der Waals surface area contributed by atoms with Gasteiger partial charge in [0.15, 0.2) is 6.54 Å². The summed E-state index contributed by atoms with van der Waals surface area (Å²) in [5.74, 6) is -0.136. The number of carboxylic acids is 2. The highest BCUT2D eigenvalue weighted by Crippen LogP contribution is 2.08. The minimum Gasteiger partial charge on any atom is -0.480 e. The number of aliphatic carboxylic acids is 2. The molecule has 0 aromatic heterocycles. The zero-order valence-corrected chi connectivity index (χ0v) is 11.8. The molecule has 7 heteroatoms. The first-order valence-electron chi connectivity index (χ1n) is 5.84. The van der Waals surface area contributed by atoms with Gasteiger partial charge >= 0.3 is 11.9 Å². The molecule has 0 aliphatic rings. The van der Waals surface area contributed by atoms with Crippen LogP contribution in [0.5, 0.6) is 0 Å². The number of thioether (sulfide) groups is 1. The summed E-state index contributed by atoms with van der Waals surface area (Å²) in [5.41, 5.74) is 5.37. The molecule has 6 nitrogen and oxygen atoms in total. The Morgan fingerprint density at radius 2 is 1.89 bits per heavy atom. The van der Waals surface area contributed by atoms with E-state index in [2.05, 4.69) is 0 Å². The van der Waals surface area contributed by atoms with Crippen LogP contribution in [0.3, 0.4) is 0 Å². The van der Waals surface area contributed by atoms with E-state index in [4.69, 9.17) is 15.9 Å². The van der Waals surface area contributed by atoms with Crippen molar-refractivity contribution in [3.05, 3.63) is 0 Å². The second kappa shape index (κ2) is 8.34. The largest absolute Gasteiger partial charge is 0.480 e. The molecule has 1 unspecified atom stereocenters. The summed E-state index contributed by atoms with van der Waals surface area (Å²) in [5, 5.41) is 17.3. The van der Waals surface area contributed by atoms with Crippen LogP contribution in [0.15, 0.2) is 0 Å². The Balaban J connectivity index is 3.56. The van der Waals surface area contributed by atoms with Gasteiger partial charge < -0.3 is 20.4 Å². The lowest BCUT2D eigenvalue weighted by atomic mass is 10.2. The molecule has 0 amide bonds. The highest BCUT2D eigenvalue weighted by molar-refractivity contribution is 7.99. The number of carboxylic acid groups (broad SMARTS) is 2. The Bertz CT molecular complexity index is 284. The van der Waals surface area contributed by atoms with E-state index in [-0.39, 0.29) is 6.54 Å². The molecule has 0 radical (unpaired) electrons. The van der Waals surface area contributed by atoms with Crippen LogP contribution in [-0.2, 0) is 9.59 Å². The van der Waals surface area contributed by atoms with Gasteiger partial charge in [0.05, 0.1) is 20.6 Å². The highest BCUT2D eigenvalue weighted by Gasteiger charge is 2.18. The molecule has 0 saturated carbocycles. The number of hydrogen-bond acceptors (Lipinski definition) is 4. The van der Waals surface area contributed by atoms with Crippen molar-refractivity contribution < 1.29 is 24.3 Å². The first-order chi connectivity index (χ1) is 8.24. The second-order valence-electron chi connectivity index (χ2n) is 4.91. The summed E-state index contributed by atoms with van der Waals surface area (Å²) < 4.78 is 0.463. The number of carbonyl (C=O) groups is 2. The Morgan fingerprint density at radius 3 is 2.39 bits per heavy atom. The minimum absolute atomic E-state index is 0.120. The molecule has 1 atom stereocenters. The van der Waals surface area contributed by atoms with Gasteiger partial charge in [0.2, 0.25) is 0 Å². The van der Waals surface area contributed by atoms with Crippen LogP contribution in [0.25, 0.3) is 0 Å². The zero-order chi connectivity index (χ0) is 14.2. The number of rotatable bonds is 10. The normalized spacial score (nSPS) is 13.3. The number of hydrogen-bond donors (Lipinski definition) is 3. The monoisotopic (exact) mass is 279 g/mol. The van der Waals surface area contributed by atoms with Crippen LogP contribution in [0.1, 0.15) is 12.8 Å². The summed E-state index contributed by atoms with van der Waals surface area (Å²) in [4.78, 5) is 21.1. The van der Waals surface area contributed by atoms with Gasteiger partial charge in [-0.2, -0.15) is 11.8 Å². The summed E-state index contributed by atoms with van der Waals surface area (Å²) >= 11 is 1.66. The Labute approximate surface area is 112 Å². The first kappa shape index (κ1) is 17.2. The molecule has 0 aromatic carbocycles. The van der Waals surface area contributed by atoms with E-state index in [0.29, 0.717) is 10.9 Å². The van der Waals surface area contributed by atoms with Crippen molar-refractivity contribution >= 4 is 23.7 Å². The lowest BCUT2D eigenvalue weighted by molar-refractivity contribution is -0.883. The molecular formula is C11H23N2O4S+. The van der Waals surface area contributed by atoms with E-state index in [1.54, 1.807) is 11.8 Å². The molecule has 0 aliphatic heterocycles. The molecule has 4 N–H and O–H groups in total. The van der Waals surface area contributed by atoms with Gasteiger partial charge in [-0.05, 0) is 17.9 Å². The smallest absolute Gasteiger partial charge is 0.359 e. The van der Waals surface area contributed by atoms with E-state index >= 15 is 0 Å². The van der Waals surface area contributed by atoms with E-state index in [0.717, 1.165) is 24.5 Å². The molecule has 0 aromatic rings. The van der Waals surface area contributed by atoms with Gasteiger partial charge in [-0.3, -0.25) is 4.79 Å². The fourth-order valence-corrected chi connectivity index (χ4v) is 2.43. The number of likely N-dealkylation sites (N-methyl/N-ethyl adjacent to an activating group) is 1. The molecule has 0 aliphatic carbocycles. The van der Waals surface area contributed by atoms with Crippen molar-refractivity contribution in [2.75, 3.05) is 38.7 Å². The standard InChI is InChI=1S/C11H22N2O4S/c1-13(2,8-10(14)15)5-3-6-18-7-4-9(12)11(16)17/h9H,3-8,12H2,1-2H3,(H-,14,15,16,17)/p+1. The van der Waals surface area contributed by atoms with Crippen molar-refractivity contribution in [2.24, 2.45) is 5.73 Å². The van der Waals surface area contributed by atoms with E-state index in [9.17, 15) is 9.59 Å². The Hall–Kier alpha value is -0.790. The van der Waals surface area contributed by atoms with Crippen molar-refractivity contribution in [1.29, 1.82) is 0 Å². The second-order valence-corrected chi connectivity index (χ2v) is 6.14. The van der Waals surface area contributed by atoms with E-state index in [1.165, 1.54) is 0 Å². The van der Waals surface area contributed by atoms with Crippen LogP contribution in [0.4, 0.5) is 0 Å². The molecule has 0 heterocycles. The van der Waals surface area contributed by atoms with Crippen molar-refractivity contribution in [2.45, 2.75) is 18.9 Å². The SMILES string of the molecule is C[N+](C)(CCCSCCC(N)C(=O)O)CC(=O)O. The minimum atomic E-state index is -0.963. The van der Waals surface area contributed by atoms with Gasteiger partial charge in [0.25, 0.3) is 0 Å². The third-order valence-corrected chi connectivity index (χ3v) is 3.61. The molecular weight excluding hydrogens is 256 g/mol. The first-order valence-corrected chi connectivity index (χ1v) is 7.00. The van der Waals surface area contributed by atoms with Crippen LogP contribution in [0, 0.1) is 0 Å². The Kier molecular flexibility index (Phi) is 7.97. The molecule has 0 saturated heterocycles. The van der Waals surface area contributed by atoms with Crippen LogP contribution >= 0.6 is 11.8 Å². The average Bonchev–Trinajstić information content (AvgIpc) is 2.20. The van der Waals surface area contributed by atoms with Gasteiger partial charge in [-0.25, -0.2) is 4.79 Å². The number of quaternary nitrogens is 1. The molecule has 106 valence electrons. The molecule has 0 spiro atoms. The Morgan fingerprint density at radius 1 is 1.28 bits per heavy atom. The fraction of sp³-hybridized carbons (Fsp3) is 0.818. The quantitative estimate of drug-likeness (QED) is 0.386. The fourth-order valence-electron chi connectivity index (χ4n) is 1.48. The number of nitrogens with zero attached hydrogens (tertiary/aromatic N) is 1. The van der Waals surface area contributed by atoms with Gasteiger partial charge in [0.1, 0.15) is 6.04 Å². The number of nitrogens with two attached hydrogens (primary N) is 1. The van der Waals surface area contributed by atoms with E-state index < -0.39 is 18.0 Å². The predicted molar refractivity (Wildman–Crippen MR) is 71.6 cm³/mol. The summed E-state index contributed by atoms with van der Waals surface area (Å²) in [7, 11) is 3.78. The van der Waals surface area contributed by atoms with Crippen molar-refractivity contribution in [1.82, 2.24) is 0 Å². The molecule has 0 bridgehead atoms. The average molecular weight is 279 g/mol. The predicted octanol–water partition coefficient (Wildman–Crippen LogP) is 0.0727. The lowest BCUT2D eigenvalue weighted by Gasteiger charge is -2.27. The zero-order valence-electron chi connectivity index (χ0n) is 11.0. The van der Waals surface area contributed by atoms with Gasteiger partial charge in [-0.15, -0.1) is 0 Å². The molecule has 0 fully saturated rings. The third-order valence-electron chi connectivity index (χ3n) is 2.51. The van der Waals surface area contributed by atoms with Crippen LogP contribution in [0.2, 0.25) is 0 Å². The maximum absolute atomic E-state index is 10.6. The van der Waals surface area contributed by atoms with Crippen LogP contribution < -0.4 is 5.73 Å². The molecule has 0 rings (SSSR count). The van der Waals surface area contributed by atoms with E-state index in [1.807, 2.05) is 14.1 Å². The summed E-state index contributed by atoms with van der Waals surface area (Å²) in [6, 6.07) is -0.781. The van der Waals surface area contributed by atoms with Gasteiger partial charge in [-0.1, -0.05) is 0 Å². The topological polar surface area (TPSA) is 101 Å². The highest BCUT2D eigenvalue weighted by atomic mass is 32.2. The summed E-state index contributed by atoms with van der Waals surface area (Å²) in [6.45, 7) is 0.916. The maximum Gasteiger partial charge on any atom is 0.359 e. The van der Waals surface area contributed by atoms with Crippen LogP contribution in [-0.4, -0.2) is 71.4 Å². The third kappa shape index (κ3) is 9.26. The van der Waals surface area contributed by atoms with Crippen molar-refractivity contribution in [3.8, 4) is 0 Å². The molecule has 18 heavy (non-hydrogen) atoms. The lowest BCUT2D eigenvalue weighted by Crippen LogP contribution is -2.44. The van der Waals surface area contributed by atoms with Gasteiger partial charge in [0, 0.05) is 6.42 Å². The maximum atomic E-state index is 10.6. The summed E-state index contributed by atoms with van der Waals surface area (Å²) in [6.07, 6.45) is 1.38.